The van der Waals surface area contributed by atoms with E-state index >= 15 is 0 Å². The number of aliphatic imine (C=N–C) groups is 1. The summed E-state index contributed by atoms with van der Waals surface area (Å²) in [6.45, 7) is 5.02. The zero-order valence-electron chi connectivity index (χ0n) is 15.5. The fourth-order valence-corrected chi connectivity index (χ4v) is 4.93. The number of benzene rings is 1. The molecular formula is C17H28FIN4O2S2. The summed E-state index contributed by atoms with van der Waals surface area (Å²) in [6, 6.07) is 6.49. The molecule has 0 bridgehead atoms. The van der Waals surface area contributed by atoms with Crippen LogP contribution in [0.4, 0.5) is 4.39 Å². The van der Waals surface area contributed by atoms with Gasteiger partial charge in [0.25, 0.3) is 0 Å². The maximum atomic E-state index is 12.9. The summed E-state index contributed by atoms with van der Waals surface area (Å²) >= 11 is 1.68. The molecule has 0 unspecified atom stereocenters. The molecular weight excluding hydrogens is 502 g/mol. The fraction of sp³-hybridized carbons (Fsp3) is 0.588. The fourth-order valence-electron chi connectivity index (χ4n) is 2.56. The van der Waals surface area contributed by atoms with E-state index in [1.54, 1.807) is 23.9 Å². The Morgan fingerprint density at radius 3 is 2.67 bits per heavy atom. The third-order valence-electron chi connectivity index (χ3n) is 3.86. The lowest BCUT2D eigenvalue weighted by Gasteiger charge is -2.16. The monoisotopic (exact) mass is 530 g/mol. The number of nitrogens with one attached hydrogen (secondary N) is 2. The van der Waals surface area contributed by atoms with E-state index in [4.69, 9.17) is 0 Å². The van der Waals surface area contributed by atoms with Crippen LogP contribution in [0.2, 0.25) is 0 Å². The van der Waals surface area contributed by atoms with Gasteiger partial charge in [0.1, 0.15) is 5.82 Å². The predicted octanol–water partition coefficient (Wildman–Crippen LogP) is 2.52. The van der Waals surface area contributed by atoms with Gasteiger partial charge in [-0.1, -0.05) is 0 Å². The van der Waals surface area contributed by atoms with Crippen LogP contribution in [-0.2, 0) is 10.0 Å². The maximum Gasteiger partial charge on any atom is 0.214 e. The van der Waals surface area contributed by atoms with Gasteiger partial charge in [-0.2, -0.15) is 0 Å². The van der Waals surface area contributed by atoms with Crippen molar-refractivity contribution in [3.8, 4) is 0 Å². The molecule has 0 radical (unpaired) electrons. The summed E-state index contributed by atoms with van der Waals surface area (Å²) < 4.78 is 37.9. The topological polar surface area (TPSA) is 73.8 Å². The summed E-state index contributed by atoms with van der Waals surface area (Å²) in [5, 5.41) is 6.35. The number of sulfonamides is 1. The first-order valence-corrected chi connectivity index (χ1v) is 11.5. The Bertz CT molecular complexity index is 687. The van der Waals surface area contributed by atoms with Crippen molar-refractivity contribution >= 4 is 51.7 Å². The van der Waals surface area contributed by atoms with Crippen LogP contribution in [0.15, 0.2) is 34.2 Å². The second-order valence-electron chi connectivity index (χ2n) is 5.91. The second kappa shape index (κ2) is 12.8. The summed E-state index contributed by atoms with van der Waals surface area (Å²) in [4.78, 5) is 5.56. The normalized spacial score (nSPS) is 16.7. The highest BCUT2D eigenvalue weighted by Crippen LogP contribution is 2.18. The molecule has 0 saturated carbocycles. The lowest BCUT2D eigenvalue weighted by Crippen LogP contribution is -2.42. The molecule has 0 aromatic heterocycles. The van der Waals surface area contributed by atoms with Gasteiger partial charge in [-0.25, -0.2) is 17.1 Å². The Morgan fingerprint density at radius 1 is 1.30 bits per heavy atom. The number of rotatable bonds is 9. The highest BCUT2D eigenvalue weighted by molar-refractivity contribution is 14.0. The predicted molar refractivity (Wildman–Crippen MR) is 121 cm³/mol. The molecule has 6 nitrogen and oxygen atoms in total. The second-order valence-corrected chi connectivity index (χ2v) is 9.17. The number of nitrogens with zero attached hydrogens (tertiary/aromatic N) is 2. The standard InChI is InChI=1S/C17H27FN4O2S2.HI/c1-2-19-17(21-10-12-22-11-4-14-26(22,23)24)20-9-3-13-25-16-7-5-15(18)6-8-16;/h5-8H,2-4,9-14H2,1H3,(H2,19,20,21);1H. The first-order chi connectivity index (χ1) is 12.5. The molecule has 2 N–H and O–H groups in total. The SMILES string of the molecule is CCNC(=NCCCSc1ccc(F)cc1)NCCN1CCCS1(=O)=O.I. The van der Waals surface area contributed by atoms with Gasteiger partial charge in [-0.05, 0) is 49.8 Å². The summed E-state index contributed by atoms with van der Waals surface area (Å²) in [6.07, 6.45) is 1.61. The van der Waals surface area contributed by atoms with Crippen molar-refractivity contribution in [2.45, 2.75) is 24.7 Å². The molecule has 1 aromatic rings. The number of guanidine groups is 1. The van der Waals surface area contributed by atoms with Gasteiger partial charge < -0.3 is 10.6 Å². The zero-order chi connectivity index (χ0) is 18.8. The minimum atomic E-state index is -3.04. The Kier molecular flexibility index (Phi) is 11.6. The molecule has 1 aliphatic heterocycles. The van der Waals surface area contributed by atoms with Gasteiger partial charge in [-0.3, -0.25) is 4.99 Å². The van der Waals surface area contributed by atoms with Crippen molar-refractivity contribution < 1.29 is 12.8 Å². The van der Waals surface area contributed by atoms with Crippen LogP contribution in [-0.4, -0.2) is 62.9 Å². The Morgan fingerprint density at radius 2 is 2.04 bits per heavy atom. The molecule has 2 rings (SSSR count). The number of halogens is 2. The van der Waals surface area contributed by atoms with Gasteiger partial charge >= 0.3 is 0 Å². The summed E-state index contributed by atoms with van der Waals surface area (Å²) in [5.41, 5.74) is 0. The molecule has 154 valence electrons. The Labute approximate surface area is 182 Å². The first kappa shape index (κ1) is 24.4. The molecule has 0 atom stereocenters. The molecule has 27 heavy (non-hydrogen) atoms. The van der Waals surface area contributed by atoms with Gasteiger partial charge in [0.15, 0.2) is 5.96 Å². The molecule has 1 heterocycles. The molecule has 0 amide bonds. The highest BCUT2D eigenvalue weighted by atomic mass is 127. The van der Waals surface area contributed by atoms with Crippen LogP contribution in [0.25, 0.3) is 0 Å². The number of thioether (sulfide) groups is 1. The van der Waals surface area contributed by atoms with Crippen molar-refractivity contribution in [3.05, 3.63) is 30.1 Å². The third-order valence-corrected chi connectivity index (χ3v) is 6.91. The van der Waals surface area contributed by atoms with E-state index in [2.05, 4.69) is 15.6 Å². The average Bonchev–Trinajstić information content (AvgIpc) is 2.94. The van der Waals surface area contributed by atoms with E-state index in [-0.39, 0.29) is 35.5 Å². The van der Waals surface area contributed by atoms with Crippen molar-refractivity contribution in [3.63, 3.8) is 0 Å². The van der Waals surface area contributed by atoms with Crippen molar-refractivity contribution in [1.29, 1.82) is 0 Å². The summed E-state index contributed by atoms with van der Waals surface area (Å²) in [5.74, 6) is 1.64. The molecule has 1 saturated heterocycles. The quantitative estimate of drug-likeness (QED) is 0.169. The number of hydrogen-bond donors (Lipinski definition) is 2. The molecule has 1 aromatic carbocycles. The average molecular weight is 530 g/mol. The minimum absolute atomic E-state index is 0. The first-order valence-electron chi connectivity index (χ1n) is 8.89. The van der Waals surface area contributed by atoms with E-state index in [0.29, 0.717) is 38.6 Å². The Balaban J connectivity index is 0.00000364. The van der Waals surface area contributed by atoms with Crippen LogP contribution in [0.5, 0.6) is 0 Å². The smallest absolute Gasteiger partial charge is 0.214 e. The molecule has 0 spiro atoms. The van der Waals surface area contributed by atoms with Crippen LogP contribution >= 0.6 is 35.7 Å². The minimum Gasteiger partial charge on any atom is -0.357 e. The number of hydrogen-bond acceptors (Lipinski definition) is 4. The van der Waals surface area contributed by atoms with E-state index < -0.39 is 10.0 Å². The van der Waals surface area contributed by atoms with Crippen LogP contribution in [0.1, 0.15) is 19.8 Å². The van der Waals surface area contributed by atoms with E-state index in [1.165, 1.54) is 16.4 Å². The molecule has 1 fully saturated rings. The summed E-state index contributed by atoms with van der Waals surface area (Å²) in [7, 11) is -3.04. The third kappa shape index (κ3) is 8.97. The van der Waals surface area contributed by atoms with E-state index in [9.17, 15) is 12.8 Å². The van der Waals surface area contributed by atoms with Gasteiger partial charge in [0.05, 0.1) is 5.75 Å². The van der Waals surface area contributed by atoms with Crippen molar-refractivity contribution in [2.24, 2.45) is 4.99 Å². The van der Waals surface area contributed by atoms with Gasteiger partial charge in [0.2, 0.25) is 10.0 Å². The van der Waals surface area contributed by atoms with Crippen molar-refractivity contribution in [1.82, 2.24) is 14.9 Å². The molecule has 0 aliphatic carbocycles. The lowest BCUT2D eigenvalue weighted by molar-refractivity contribution is 0.445. The molecule has 1 aliphatic rings. The van der Waals surface area contributed by atoms with Gasteiger partial charge in [0, 0.05) is 37.6 Å². The van der Waals surface area contributed by atoms with Gasteiger partial charge in [-0.15, -0.1) is 35.7 Å². The largest absolute Gasteiger partial charge is 0.357 e. The lowest BCUT2D eigenvalue weighted by atomic mass is 10.4. The van der Waals surface area contributed by atoms with Crippen LogP contribution in [0.3, 0.4) is 0 Å². The highest BCUT2D eigenvalue weighted by Gasteiger charge is 2.27. The molecule has 10 heteroatoms. The van der Waals surface area contributed by atoms with Crippen LogP contribution in [0, 0.1) is 5.82 Å². The van der Waals surface area contributed by atoms with E-state index in [1.807, 2.05) is 6.92 Å². The zero-order valence-corrected chi connectivity index (χ0v) is 19.5. The van der Waals surface area contributed by atoms with Crippen molar-refractivity contribution in [2.75, 3.05) is 44.2 Å². The maximum absolute atomic E-state index is 12.9. The Hall–Kier alpha value is -0.590. The van der Waals surface area contributed by atoms with Crippen LogP contribution < -0.4 is 10.6 Å². The van der Waals surface area contributed by atoms with E-state index in [0.717, 1.165) is 23.6 Å².